The fourth-order valence-electron chi connectivity index (χ4n) is 2.62. The second kappa shape index (κ2) is 8.97. The quantitative estimate of drug-likeness (QED) is 0.526. The zero-order chi connectivity index (χ0) is 21.0. The molecule has 0 unspecified atom stereocenters. The number of anilines is 1. The highest BCUT2D eigenvalue weighted by Crippen LogP contribution is 2.38. The third kappa shape index (κ3) is 4.69. The van der Waals surface area contributed by atoms with E-state index < -0.39 is 12.6 Å². The first-order valence-corrected chi connectivity index (χ1v) is 9.60. The second-order valence-corrected chi connectivity index (χ2v) is 7.49. The first kappa shape index (κ1) is 20.7. The predicted octanol–water partition coefficient (Wildman–Crippen LogP) is 3.57. The molecule has 0 aromatic heterocycles. The van der Waals surface area contributed by atoms with E-state index in [0.717, 1.165) is 0 Å². The Hall–Kier alpha value is -3.04. The van der Waals surface area contributed by atoms with Crippen molar-refractivity contribution in [2.45, 2.75) is 0 Å². The Balaban J connectivity index is 1.86. The van der Waals surface area contributed by atoms with Crippen molar-refractivity contribution in [2.24, 2.45) is 0 Å². The normalized spacial score (nSPS) is 15.0. The number of carboxylic acid groups (broad SMARTS) is 1. The summed E-state index contributed by atoms with van der Waals surface area (Å²) in [5.41, 5.74) is 1.32. The van der Waals surface area contributed by atoms with Crippen LogP contribution < -0.4 is 19.1 Å². The van der Waals surface area contributed by atoms with Crippen molar-refractivity contribution in [3.8, 4) is 17.2 Å². The van der Waals surface area contributed by atoms with Gasteiger partial charge in [-0.15, -0.1) is 0 Å². The third-order valence-electron chi connectivity index (χ3n) is 3.94. The fourth-order valence-corrected chi connectivity index (χ4v) is 3.92. The first-order valence-electron chi connectivity index (χ1n) is 8.37. The summed E-state index contributed by atoms with van der Waals surface area (Å²) in [5.74, 6) is -0.0303. The molecule has 2 aromatic carbocycles. The van der Waals surface area contributed by atoms with Gasteiger partial charge in [0.2, 0.25) is 0 Å². The highest BCUT2D eigenvalue weighted by molar-refractivity contribution is 8.27. The number of hydrogen-bond donors (Lipinski definition) is 1. The topological polar surface area (TPSA) is 85.3 Å². The molecule has 1 fully saturated rings. The lowest BCUT2D eigenvalue weighted by Gasteiger charge is -2.15. The first-order chi connectivity index (χ1) is 13.9. The summed E-state index contributed by atoms with van der Waals surface area (Å²) in [6.45, 7) is -0.477. The van der Waals surface area contributed by atoms with Crippen molar-refractivity contribution in [1.29, 1.82) is 0 Å². The molecular weight excluding hydrogens is 414 g/mol. The standard InChI is InChI=1S/C20H17NO6S2/c1-25-14-5-3-4-13(10-14)21-19(24)17(29-20(21)28)9-12-6-7-15(16(8-12)26-2)27-11-18(22)23/h3-10H,11H2,1-2H3,(H,22,23)/b17-9+. The van der Waals surface area contributed by atoms with Gasteiger partial charge in [-0.1, -0.05) is 36.1 Å². The Morgan fingerprint density at radius 1 is 1.17 bits per heavy atom. The number of methoxy groups -OCH3 is 2. The molecule has 9 heteroatoms. The van der Waals surface area contributed by atoms with E-state index in [-0.39, 0.29) is 5.91 Å². The van der Waals surface area contributed by atoms with E-state index in [2.05, 4.69) is 0 Å². The van der Waals surface area contributed by atoms with E-state index >= 15 is 0 Å². The van der Waals surface area contributed by atoms with Crippen LogP contribution in [0.3, 0.4) is 0 Å². The predicted molar refractivity (Wildman–Crippen MR) is 115 cm³/mol. The van der Waals surface area contributed by atoms with E-state index in [1.54, 1.807) is 55.7 Å². The van der Waals surface area contributed by atoms with Gasteiger partial charge in [0.15, 0.2) is 22.4 Å². The molecule has 0 radical (unpaired) electrons. The molecule has 7 nitrogen and oxygen atoms in total. The summed E-state index contributed by atoms with van der Waals surface area (Å²) in [7, 11) is 3.01. The van der Waals surface area contributed by atoms with Crippen LogP contribution in [0.15, 0.2) is 47.4 Å². The van der Waals surface area contributed by atoms with Crippen molar-refractivity contribution in [2.75, 3.05) is 25.7 Å². The molecule has 2 aromatic rings. The lowest BCUT2D eigenvalue weighted by Crippen LogP contribution is -2.27. The molecule has 3 rings (SSSR count). The van der Waals surface area contributed by atoms with Gasteiger partial charge in [-0.25, -0.2) is 4.79 Å². The van der Waals surface area contributed by atoms with Gasteiger partial charge in [0, 0.05) is 6.07 Å². The Morgan fingerprint density at radius 2 is 1.97 bits per heavy atom. The van der Waals surface area contributed by atoms with Crippen LogP contribution in [0.25, 0.3) is 6.08 Å². The van der Waals surface area contributed by atoms with Gasteiger partial charge in [0.25, 0.3) is 5.91 Å². The van der Waals surface area contributed by atoms with E-state index in [9.17, 15) is 9.59 Å². The van der Waals surface area contributed by atoms with E-state index in [1.807, 2.05) is 0 Å². The molecular formula is C20H17NO6S2. The minimum Gasteiger partial charge on any atom is -0.497 e. The maximum absolute atomic E-state index is 12.9. The molecule has 1 amide bonds. The van der Waals surface area contributed by atoms with Crippen LogP contribution in [0.1, 0.15) is 5.56 Å². The van der Waals surface area contributed by atoms with Gasteiger partial charge >= 0.3 is 5.97 Å². The average molecular weight is 431 g/mol. The molecule has 1 aliphatic rings. The lowest BCUT2D eigenvalue weighted by atomic mass is 10.2. The summed E-state index contributed by atoms with van der Waals surface area (Å²) in [5, 5.41) is 8.75. The van der Waals surface area contributed by atoms with Gasteiger partial charge < -0.3 is 19.3 Å². The zero-order valence-corrected chi connectivity index (χ0v) is 17.2. The highest BCUT2D eigenvalue weighted by Gasteiger charge is 2.33. The lowest BCUT2D eigenvalue weighted by molar-refractivity contribution is -0.139. The molecule has 150 valence electrons. The number of ether oxygens (including phenoxy) is 3. The molecule has 0 spiro atoms. The van der Waals surface area contributed by atoms with Crippen molar-refractivity contribution in [1.82, 2.24) is 0 Å². The van der Waals surface area contributed by atoms with Crippen LogP contribution in [-0.4, -0.2) is 42.1 Å². The number of thioether (sulfide) groups is 1. The molecule has 0 saturated carbocycles. The molecule has 29 heavy (non-hydrogen) atoms. The summed E-state index contributed by atoms with van der Waals surface area (Å²) >= 11 is 6.58. The average Bonchev–Trinajstić information content (AvgIpc) is 2.99. The number of benzene rings is 2. The maximum Gasteiger partial charge on any atom is 0.341 e. The number of aliphatic carboxylic acids is 1. The molecule has 0 aliphatic carbocycles. The number of carbonyl (C=O) groups is 2. The molecule has 1 N–H and O–H groups in total. The summed E-state index contributed by atoms with van der Waals surface area (Å²) in [4.78, 5) is 25.5. The van der Waals surface area contributed by atoms with Gasteiger partial charge in [0.05, 0.1) is 24.8 Å². The third-order valence-corrected chi connectivity index (χ3v) is 5.24. The second-order valence-electron chi connectivity index (χ2n) is 5.81. The van der Waals surface area contributed by atoms with Crippen LogP contribution in [-0.2, 0) is 9.59 Å². The van der Waals surface area contributed by atoms with Gasteiger partial charge in [-0.2, -0.15) is 0 Å². The van der Waals surface area contributed by atoms with Crippen molar-refractivity contribution >= 4 is 51.9 Å². The van der Waals surface area contributed by atoms with Crippen molar-refractivity contribution in [3.63, 3.8) is 0 Å². The van der Waals surface area contributed by atoms with E-state index in [4.69, 9.17) is 31.5 Å². The number of nitrogens with zero attached hydrogens (tertiary/aromatic N) is 1. The molecule has 0 bridgehead atoms. The summed E-state index contributed by atoms with van der Waals surface area (Å²) in [6.07, 6.45) is 1.70. The zero-order valence-electron chi connectivity index (χ0n) is 15.6. The molecule has 1 saturated heterocycles. The van der Waals surface area contributed by atoms with Crippen LogP contribution in [0.4, 0.5) is 5.69 Å². The largest absolute Gasteiger partial charge is 0.497 e. The number of amides is 1. The van der Waals surface area contributed by atoms with Crippen molar-refractivity contribution < 1.29 is 28.9 Å². The number of rotatable bonds is 7. The Morgan fingerprint density at radius 3 is 2.66 bits per heavy atom. The minimum atomic E-state index is -1.09. The summed E-state index contributed by atoms with van der Waals surface area (Å²) < 4.78 is 16.1. The highest BCUT2D eigenvalue weighted by atomic mass is 32.2. The minimum absolute atomic E-state index is 0.238. The number of carbonyl (C=O) groups excluding carboxylic acids is 1. The van der Waals surface area contributed by atoms with E-state index in [1.165, 1.54) is 23.8 Å². The van der Waals surface area contributed by atoms with Crippen LogP contribution in [0, 0.1) is 0 Å². The van der Waals surface area contributed by atoms with Crippen LogP contribution in [0.5, 0.6) is 17.2 Å². The Bertz CT molecular complexity index is 1000. The maximum atomic E-state index is 12.9. The fraction of sp³-hybridized carbons (Fsp3) is 0.150. The number of thiocarbonyl (C=S) groups is 1. The molecule has 1 aliphatic heterocycles. The smallest absolute Gasteiger partial charge is 0.341 e. The van der Waals surface area contributed by atoms with Crippen LogP contribution >= 0.6 is 24.0 Å². The summed E-state index contributed by atoms with van der Waals surface area (Å²) in [6, 6.07) is 12.1. The van der Waals surface area contributed by atoms with Gasteiger partial charge in [0.1, 0.15) is 5.75 Å². The Kier molecular flexibility index (Phi) is 6.40. The molecule has 0 atom stereocenters. The number of hydrogen-bond acceptors (Lipinski definition) is 7. The van der Waals surface area contributed by atoms with Crippen molar-refractivity contribution in [3.05, 3.63) is 52.9 Å². The van der Waals surface area contributed by atoms with Crippen LogP contribution in [0.2, 0.25) is 0 Å². The van der Waals surface area contributed by atoms with E-state index in [0.29, 0.717) is 37.7 Å². The Labute approximate surface area is 176 Å². The molecule has 1 heterocycles. The monoisotopic (exact) mass is 431 g/mol. The SMILES string of the molecule is COc1cccc(N2C(=O)/C(=C\c3ccc(OCC(=O)O)c(OC)c3)SC2=S)c1. The van der Waals surface area contributed by atoms with Gasteiger partial charge in [-0.3, -0.25) is 9.69 Å². The number of carboxylic acids is 1. The van der Waals surface area contributed by atoms with Gasteiger partial charge in [-0.05, 0) is 35.9 Å².